The van der Waals surface area contributed by atoms with E-state index < -0.39 is 11.4 Å². The number of carbonyl (C=O) groups is 2. The normalized spacial score (nSPS) is 24.3. The van der Waals surface area contributed by atoms with Gasteiger partial charge in [-0.3, -0.25) is 9.59 Å². The molecule has 2 aliphatic carbocycles. The highest BCUT2D eigenvalue weighted by Crippen LogP contribution is 2.38. The van der Waals surface area contributed by atoms with Gasteiger partial charge in [0.2, 0.25) is 5.91 Å². The summed E-state index contributed by atoms with van der Waals surface area (Å²) in [5, 5.41) is 12.1. The lowest BCUT2D eigenvalue weighted by molar-refractivity contribution is -0.148. The Balaban J connectivity index is 1.82. The molecule has 0 aromatic carbocycles. The Labute approximate surface area is 107 Å². The topological polar surface area (TPSA) is 92.4 Å². The first-order valence-electron chi connectivity index (χ1n) is 6.75. The third-order valence-electron chi connectivity index (χ3n) is 4.50. The van der Waals surface area contributed by atoms with E-state index in [2.05, 4.69) is 5.32 Å². The number of carbonyl (C=O) groups excluding carboxylic acids is 1. The quantitative estimate of drug-likeness (QED) is 0.683. The summed E-state index contributed by atoms with van der Waals surface area (Å²) in [7, 11) is 0. The Kier molecular flexibility index (Phi) is 3.61. The van der Waals surface area contributed by atoms with Crippen molar-refractivity contribution >= 4 is 11.9 Å². The van der Waals surface area contributed by atoms with E-state index in [0.29, 0.717) is 19.3 Å². The van der Waals surface area contributed by atoms with Crippen LogP contribution in [0.25, 0.3) is 0 Å². The molecule has 0 saturated heterocycles. The summed E-state index contributed by atoms with van der Waals surface area (Å²) in [5.41, 5.74) is 4.93. The van der Waals surface area contributed by atoms with Gasteiger partial charge in [0.25, 0.3) is 0 Å². The Morgan fingerprint density at radius 3 is 2.17 bits per heavy atom. The van der Waals surface area contributed by atoms with Crippen molar-refractivity contribution in [2.75, 3.05) is 6.54 Å². The maximum Gasteiger partial charge on any atom is 0.311 e. The molecule has 2 fully saturated rings. The molecular formula is C13H22N2O3. The summed E-state index contributed by atoms with van der Waals surface area (Å²) in [6, 6.07) is 0. The molecule has 2 aliphatic rings. The molecule has 0 unspecified atom stereocenters. The maximum atomic E-state index is 11.8. The van der Waals surface area contributed by atoms with E-state index in [9.17, 15) is 14.7 Å². The van der Waals surface area contributed by atoms with Crippen LogP contribution < -0.4 is 11.1 Å². The van der Waals surface area contributed by atoms with Crippen LogP contribution in [0, 0.1) is 5.41 Å². The van der Waals surface area contributed by atoms with Gasteiger partial charge >= 0.3 is 5.97 Å². The lowest BCUT2D eigenvalue weighted by atomic mass is 9.75. The van der Waals surface area contributed by atoms with E-state index in [1.54, 1.807) is 0 Å². The molecule has 0 aliphatic heterocycles. The van der Waals surface area contributed by atoms with Crippen LogP contribution in [0.4, 0.5) is 0 Å². The molecule has 0 radical (unpaired) electrons. The molecule has 18 heavy (non-hydrogen) atoms. The van der Waals surface area contributed by atoms with Crippen LogP contribution in [0.5, 0.6) is 0 Å². The van der Waals surface area contributed by atoms with Gasteiger partial charge in [0.15, 0.2) is 0 Å². The summed E-state index contributed by atoms with van der Waals surface area (Å²) in [6.07, 6.45) is 6.39. The Morgan fingerprint density at radius 1 is 1.11 bits per heavy atom. The van der Waals surface area contributed by atoms with Crippen LogP contribution in [0.1, 0.15) is 51.4 Å². The Hall–Kier alpha value is -1.10. The molecule has 1 amide bonds. The fourth-order valence-electron chi connectivity index (χ4n) is 2.98. The third kappa shape index (κ3) is 2.66. The van der Waals surface area contributed by atoms with Gasteiger partial charge < -0.3 is 16.2 Å². The van der Waals surface area contributed by atoms with Crippen molar-refractivity contribution in [1.29, 1.82) is 0 Å². The maximum absolute atomic E-state index is 11.8. The van der Waals surface area contributed by atoms with Crippen molar-refractivity contribution in [2.24, 2.45) is 11.1 Å². The lowest BCUT2D eigenvalue weighted by Gasteiger charge is -2.37. The van der Waals surface area contributed by atoms with E-state index in [4.69, 9.17) is 5.73 Å². The van der Waals surface area contributed by atoms with Crippen molar-refractivity contribution < 1.29 is 14.7 Å². The minimum atomic E-state index is -0.786. The summed E-state index contributed by atoms with van der Waals surface area (Å²) in [5.74, 6) is -0.892. The molecule has 0 atom stereocenters. The van der Waals surface area contributed by atoms with Crippen molar-refractivity contribution in [3.63, 3.8) is 0 Å². The van der Waals surface area contributed by atoms with E-state index in [0.717, 1.165) is 32.1 Å². The largest absolute Gasteiger partial charge is 0.481 e. The second-order valence-electron chi connectivity index (χ2n) is 5.96. The highest BCUT2D eigenvalue weighted by molar-refractivity contribution is 5.80. The zero-order valence-electron chi connectivity index (χ0n) is 10.7. The zero-order chi connectivity index (χ0) is 13.2. The van der Waals surface area contributed by atoms with Crippen LogP contribution >= 0.6 is 0 Å². The molecule has 5 nitrogen and oxygen atoms in total. The van der Waals surface area contributed by atoms with Gasteiger partial charge in [-0.15, -0.1) is 0 Å². The lowest BCUT2D eigenvalue weighted by Crippen LogP contribution is -2.51. The van der Waals surface area contributed by atoms with Gasteiger partial charge in [0, 0.05) is 18.5 Å². The molecule has 0 bridgehead atoms. The third-order valence-corrected chi connectivity index (χ3v) is 4.50. The summed E-state index contributed by atoms with van der Waals surface area (Å²) < 4.78 is 0. The molecule has 0 spiro atoms. The van der Waals surface area contributed by atoms with E-state index in [-0.39, 0.29) is 18.0 Å². The van der Waals surface area contributed by atoms with E-state index in [1.165, 1.54) is 0 Å². The van der Waals surface area contributed by atoms with Gasteiger partial charge in [0.05, 0.1) is 5.41 Å². The predicted molar refractivity (Wildman–Crippen MR) is 66.9 cm³/mol. The van der Waals surface area contributed by atoms with Crippen molar-refractivity contribution in [1.82, 2.24) is 5.32 Å². The van der Waals surface area contributed by atoms with Crippen LogP contribution in [0.2, 0.25) is 0 Å². The monoisotopic (exact) mass is 254 g/mol. The average molecular weight is 254 g/mol. The summed E-state index contributed by atoms with van der Waals surface area (Å²) >= 11 is 0. The minimum absolute atomic E-state index is 0.107. The van der Waals surface area contributed by atoms with Gasteiger partial charge in [-0.05, 0) is 32.1 Å². The summed E-state index contributed by atoms with van der Waals surface area (Å²) in [6.45, 7) is 0.247. The van der Waals surface area contributed by atoms with Crippen LogP contribution in [-0.4, -0.2) is 29.1 Å². The SMILES string of the molecule is NC1(CC(=O)NCC2(C(=O)O)CCCC2)CCC1. The number of hydrogen-bond donors (Lipinski definition) is 3. The number of carboxylic acids is 1. The molecule has 2 saturated carbocycles. The van der Waals surface area contributed by atoms with Crippen LogP contribution in [-0.2, 0) is 9.59 Å². The number of nitrogens with one attached hydrogen (secondary N) is 1. The molecule has 4 N–H and O–H groups in total. The highest BCUT2D eigenvalue weighted by atomic mass is 16.4. The van der Waals surface area contributed by atoms with Gasteiger partial charge in [-0.25, -0.2) is 0 Å². The van der Waals surface area contributed by atoms with Gasteiger partial charge in [-0.2, -0.15) is 0 Å². The fraction of sp³-hybridized carbons (Fsp3) is 0.846. The van der Waals surface area contributed by atoms with Gasteiger partial charge in [-0.1, -0.05) is 12.8 Å². The zero-order valence-corrected chi connectivity index (χ0v) is 10.7. The van der Waals surface area contributed by atoms with Crippen molar-refractivity contribution in [3.8, 4) is 0 Å². The molecule has 5 heteroatoms. The summed E-state index contributed by atoms with van der Waals surface area (Å²) in [4.78, 5) is 23.1. The first kappa shape index (κ1) is 13.3. The molecule has 0 aromatic rings. The average Bonchev–Trinajstić information content (AvgIpc) is 2.74. The van der Waals surface area contributed by atoms with E-state index in [1.807, 2.05) is 0 Å². The second-order valence-corrected chi connectivity index (χ2v) is 5.96. The van der Waals surface area contributed by atoms with Crippen molar-refractivity contribution in [2.45, 2.75) is 56.9 Å². The molecular weight excluding hydrogens is 232 g/mol. The minimum Gasteiger partial charge on any atom is -0.481 e. The highest BCUT2D eigenvalue weighted by Gasteiger charge is 2.42. The van der Waals surface area contributed by atoms with E-state index >= 15 is 0 Å². The molecule has 2 rings (SSSR count). The number of carboxylic acid groups (broad SMARTS) is 1. The molecule has 0 heterocycles. The number of amides is 1. The number of hydrogen-bond acceptors (Lipinski definition) is 3. The predicted octanol–water partition coefficient (Wildman–Crippen LogP) is 1.02. The Morgan fingerprint density at radius 2 is 1.72 bits per heavy atom. The first-order chi connectivity index (χ1) is 8.46. The molecule has 0 aromatic heterocycles. The van der Waals surface area contributed by atoms with Crippen LogP contribution in [0.15, 0.2) is 0 Å². The standard InChI is InChI=1S/C13H22N2O3/c14-13(6-3-7-13)8-10(16)15-9-12(11(17)18)4-1-2-5-12/h1-9,14H2,(H,15,16)(H,17,18). The Bertz CT molecular complexity index is 344. The number of aliphatic carboxylic acids is 1. The van der Waals surface area contributed by atoms with Gasteiger partial charge in [0.1, 0.15) is 0 Å². The number of nitrogens with two attached hydrogens (primary N) is 1. The van der Waals surface area contributed by atoms with Crippen LogP contribution in [0.3, 0.4) is 0 Å². The van der Waals surface area contributed by atoms with Crippen molar-refractivity contribution in [3.05, 3.63) is 0 Å². The number of rotatable bonds is 5. The first-order valence-corrected chi connectivity index (χ1v) is 6.75. The fourth-order valence-corrected chi connectivity index (χ4v) is 2.98. The smallest absolute Gasteiger partial charge is 0.311 e. The second kappa shape index (κ2) is 4.88. The molecule has 102 valence electrons.